The number of carbonyl (C=O) groups is 2. The van der Waals surface area contributed by atoms with Gasteiger partial charge in [0.25, 0.3) is 5.91 Å². The number of nitrogens with zero attached hydrogens (tertiary/aromatic N) is 2. The van der Waals surface area contributed by atoms with E-state index >= 15 is 0 Å². The van der Waals surface area contributed by atoms with Gasteiger partial charge in [0.05, 0.1) is 24.0 Å². The summed E-state index contributed by atoms with van der Waals surface area (Å²) in [6, 6.07) is 12.6. The van der Waals surface area contributed by atoms with Gasteiger partial charge in [0.2, 0.25) is 0 Å². The number of hydrogen-bond donors (Lipinski definition) is 3. The summed E-state index contributed by atoms with van der Waals surface area (Å²) in [5.41, 5.74) is 2.22. The highest BCUT2D eigenvalue weighted by Crippen LogP contribution is 2.42. The number of aromatic hydroxyl groups is 1. The zero-order valence-electron chi connectivity index (χ0n) is 22.8. The third-order valence-corrected chi connectivity index (χ3v) is 7.28. The van der Waals surface area contributed by atoms with Crippen LogP contribution >= 0.6 is 0 Å². The van der Waals surface area contributed by atoms with Crippen LogP contribution in [0.3, 0.4) is 0 Å². The molecule has 42 heavy (non-hydrogen) atoms. The molecule has 0 fully saturated rings. The average Bonchev–Trinajstić information content (AvgIpc) is 3.21. The number of hydrogen-bond acceptors (Lipinski definition) is 6. The number of hydrazone groups is 1. The number of fused-ring (bicyclic) bond motifs is 1. The summed E-state index contributed by atoms with van der Waals surface area (Å²) in [6.07, 6.45) is -0.275. The smallest absolute Gasteiger partial charge is 0.416 e. The molecule has 216 valence electrons. The SMILES string of the molecule is COc1c(C)cc(N2C(=O)C(=NNC3(C(=O)O)C=CC=C(c4ccccc4O)C3)c3ccc(C(F)(F)F)cc32)cc1C. The van der Waals surface area contributed by atoms with E-state index in [1.165, 1.54) is 25.3 Å². The fourth-order valence-electron chi connectivity index (χ4n) is 5.27. The molecule has 2 aliphatic rings. The molecule has 1 amide bonds. The van der Waals surface area contributed by atoms with Gasteiger partial charge in [0.1, 0.15) is 11.5 Å². The molecule has 0 bridgehead atoms. The first-order valence-electron chi connectivity index (χ1n) is 12.8. The number of aryl methyl sites for hydroxylation is 2. The third-order valence-electron chi connectivity index (χ3n) is 7.28. The molecular formula is C31H26F3N3O5. The van der Waals surface area contributed by atoms with Gasteiger partial charge in [-0.2, -0.15) is 18.3 Å². The maximum Gasteiger partial charge on any atom is 0.416 e. The van der Waals surface area contributed by atoms with E-state index in [4.69, 9.17) is 4.74 Å². The van der Waals surface area contributed by atoms with Crippen molar-refractivity contribution >= 4 is 34.5 Å². The molecule has 5 rings (SSSR count). The van der Waals surface area contributed by atoms with E-state index in [9.17, 15) is 33.0 Å². The van der Waals surface area contributed by atoms with Gasteiger partial charge in [0.15, 0.2) is 11.3 Å². The summed E-state index contributed by atoms with van der Waals surface area (Å²) in [6.45, 7) is 3.50. The number of phenols is 1. The first-order valence-corrected chi connectivity index (χ1v) is 12.8. The minimum absolute atomic E-state index is 0.0364. The topological polar surface area (TPSA) is 111 Å². The van der Waals surface area contributed by atoms with E-state index in [0.717, 1.165) is 23.1 Å². The van der Waals surface area contributed by atoms with Crippen molar-refractivity contribution in [3.8, 4) is 11.5 Å². The van der Waals surface area contributed by atoms with Gasteiger partial charge >= 0.3 is 12.1 Å². The second-order valence-corrected chi connectivity index (χ2v) is 10.1. The number of carbonyl (C=O) groups excluding carboxylic acids is 1. The van der Waals surface area contributed by atoms with Crippen molar-refractivity contribution in [3.05, 3.63) is 101 Å². The molecule has 0 saturated heterocycles. The molecule has 3 aromatic carbocycles. The first-order chi connectivity index (χ1) is 19.9. The van der Waals surface area contributed by atoms with Gasteiger partial charge in [-0.25, -0.2) is 4.79 Å². The Labute approximate surface area is 239 Å². The number of carboxylic acids is 1. The molecule has 0 radical (unpaired) electrons. The molecular weight excluding hydrogens is 551 g/mol. The largest absolute Gasteiger partial charge is 0.507 e. The number of amides is 1. The summed E-state index contributed by atoms with van der Waals surface area (Å²) in [7, 11) is 1.50. The number of para-hydroxylation sites is 1. The fourth-order valence-corrected chi connectivity index (χ4v) is 5.27. The Hall–Kier alpha value is -5.06. The zero-order valence-corrected chi connectivity index (χ0v) is 22.8. The van der Waals surface area contributed by atoms with Crippen LogP contribution in [0.15, 0.2) is 77.9 Å². The number of anilines is 2. The highest BCUT2D eigenvalue weighted by Gasteiger charge is 2.42. The summed E-state index contributed by atoms with van der Waals surface area (Å²) in [5, 5.41) is 24.7. The normalized spacial score (nSPS) is 19.1. The Kier molecular flexibility index (Phi) is 7.05. The number of rotatable bonds is 6. The van der Waals surface area contributed by atoms with E-state index in [2.05, 4.69) is 10.5 Å². The molecule has 1 heterocycles. The molecule has 3 aromatic rings. The van der Waals surface area contributed by atoms with Crippen LogP contribution in [0, 0.1) is 13.8 Å². The monoisotopic (exact) mass is 577 g/mol. The lowest BCUT2D eigenvalue weighted by Crippen LogP contribution is -2.49. The predicted molar refractivity (Wildman–Crippen MR) is 151 cm³/mol. The van der Waals surface area contributed by atoms with Crippen LogP contribution < -0.4 is 15.1 Å². The van der Waals surface area contributed by atoms with Gasteiger partial charge < -0.3 is 14.9 Å². The quantitative estimate of drug-likeness (QED) is 0.316. The van der Waals surface area contributed by atoms with Gasteiger partial charge in [-0.15, -0.1) is 0 Å². The Morgan fingerprint density at radius 1 is 1.07 bits per heavy atom. The predicted octanol–water partition coefficient (Wildman–Crippen LogP) is 5.88. The van der Waals surface area contributed by atoms with Crippen LogP contribution in [-0.2, 0) is 15.8 Å². The number of benzene rings is 3. The fraction of sp³-hybridized carbons (Fsp3) is 0.194. The minimum atomic E-state index is -4.67. The average molecular weight is 578 g/mol. The van der Waals surface area contributed by atoms with Crippen molar-refractivity contribution < 1.29 is 37.7 Å². The number of aliphatic carboxylic acids is 1. The summed E-state index contributed by atoms with van der Waals surface area (Å²) in [4.78, 5) is 27.5. The first kappa shape index (κ1) is 28.5. The van der Waals surface area contributed by atoms with Crippen molar-refractivity contribution in [2.45, 2.75) is 32.0 Å². The highest BCUT2D eigenvalue weighted by atomic mass is 19.4. The number of carboxylic acid groups (broad SMARTS) is 1. The van der Waals surface area contributed by atoms with Crippen molar-refractivity contribution in [1.82, 2.24) is 5.43 Å². The number of alkyl halides is 3. The molecule has 0 aromatic heterocycles. The molecule has 3 N–H and O–H groups in total. The van der Waals surface area contributed by atoms with E-state index in [1.54, 1.807) is 50.3 Å². The van der Waals surface area contributed by atoms with Crippen LogP contribution in [0.1, 0.15) is 34.2 Å². The number of allylic oxidation sites excluding steroid dienone is 2. The molecule has 1 atom stereocenters. The van der Waals surface area contributed by atoms with Gasteiger partial charge in [-0.3, -0.25) is 15.1 Å². The second-order valence-electron chi connectivity index (χ2n) is 10.1. The molecule has 1 unspecified atom stereocenters. The summed E-state index contributed by atoms with van der Waals surface area (Å²) >= 11 is 0. The molecule has 8 nitrogen and oxygen atoms in total. The lowest BCUT2D eigenvalue weighted by Gasteiger charge is -2.29. The van der Waals surface area contributed by atoms with E-state index in [-0.39, 0.29) is 29.1 Å². The van der Waals surface area contributed by atoms with Crippen molar-refractivity contribution in [2.24, 2.45) is 5.10 Å². The third kappa shape index (κ3) is 4.87. The summed E-state index contributed by atoms with van der Waals surface area (Å²) in [5.74, 6) is -1.50. The Bertz CT molecular complexity index is 1690. The van der Waals surface area contributed by atoms with Crippen molar-refractivity contribution in [3.63, 3.8) is 0 Å². The van der Waals surface area contributed by atoms with Crippen LogP contribution in [-0.4, -0.2) is 40.4 Å². The standard InChI is InChI=1S/C31H26F3N3O5/c1-17-13-21(14-18(2)27(17)42-3)37-24-15-20(31(32,33)34)10-11-23(24)26(28(37)39)35-36-30(29(40)41)12-6-7-19(16-30)22-8-4-5-9-25(22)38/h4-15,36,38H,16H2,1-3H3,(H,40,41). The number of phenolic OH excluding ortho intramolecular Hbond substituents is 1. The van der Waals surface area contributed by atoms with Crippen LogP contribution in [0.4, 0.5) is 24.5 Å². The zero-order chi connectivity index (χ0) is 30.4. The molecule has 1 aliphatic carbocycles. The number of methoxy groups -OCH3 is 1. The van der Waals surface area contributed by atoms with Crippen LogP contribution in [0.2, 0.25) is 0 Å². The molecule has 11 heteroatoms. The lowest BCUT2D eigenvalue weighted by molar-refractivity contribution is -0.142. The minimum Gasteiger partial charge on any atom is -0.507 e. The molecule has 0 spiro atoms. The Morgan fingerprint density at radius 3 is 2.38 bits per heavy atom. The highest BCUT2D eigenvalue weighted by molar-refractivity contribution is 6.55. The molecule has 1 aliphatic heterocycles. The Morgan fingerprint density at radius 2 is 1.76 bits per heavy atom. The maximum atomic E-state index is 13.8. The number of nitrogens with one attached hydrogen (secondary N) is 1. The summed E-state index contributed by atoms with van der Waals surface area (Å²) < 4.78 is 46.4. The van der Waals surface area contributed by atoms with Crippen LogP contribution in [0.5, 0.6) is 11.5 Å². The van der Waals surface area contributed by atoms with Crippen molar-refractivity contribution in [1.29, 1.82) is 0 Å². The van der Waals surface area contributed by atoms with Gasteiger partial charge in [0, 0.05) is 17.5 Å². The maximum absolute atomic E-state index is 13.8. The van der Waals surface area contributed by atoms with Crippen LogP contribution in [0.25, 0.3) is 5.57 Å². The van der Waals surface area contributed by atoms with Gasteiger partial charge in [-0.05, 0) is 73.0 Å². The Balaban J connectivity index is 1.59. The number of ether oxygens (including phenoxy) is 1. The van der Waals surface area contributed by atoms with E-state index in [0.29, 0.717) is 33.7 Å². The number of halogens is 3. The van der Waals surface area contributed by atoms with Gasteiger partial charge in [-0.1, -0.05) is 30.4 Å². The molecule has 0 saturated carbocycles. The lowest BCUT2D eigenvalue weighted by atomic mass is 9.84. The van der Waals surface area contributed by atoms with E-state index < -0.39 is 29.2 Å². The van der Waals surface area contributed by atoms with Crippen molar-refractivity contribution in [2.75, 3.05) is 12.0 Å². The van der Waals surface area contributed by atoms with E-state index in [1.807, 2.05) is 0 Å². The second kappa shape index (κ2) is 10.4.